The van der Waals surface area contributed by atoms with Crippen LogP contribution >= 0.6 is 38.5 Å². The first kappa shape index (κ1) is 11.8. The molecule has 1 aromatic carbocycles. The van der Waals surface area contributed by atoms with Gasteiger partial charge in [0.15, 0.2) is 0 Å². The van der Waals surface area contributed by atoms with Crippen molar-refractivity contribution in [3.8, 4) is 6.07 Å². The zero-order valence-corrected chi connectivity index (χ0v) is 10.2. The molecule has 0 saturated carbocycles. The number of halogens is 5. The van der Waals surface area contributed by atoms with Crippen LogP contribution in [0.3, 0.4) is 0 Å². The third-order valence-electron chi connectivity index (χ3n) is 1.46. The Kier molecular flexibility index (Phi) is 3.42. The molecule has 0 amide bonds. The van der Waals surface area contributed by atoms with Crippen LogP contribution in [-0.4, -0.2) is 0 Å². The van der Waals surface area contributed by atoms with Crippen molar-refractivity contribution in [2.75, 3.05) is 0 Å². The molecule has 0 radical (unpaired) electrons. The van der Waals surface area contributed by atoms with Gasteiger partial charge in [-0.25, -0.2) is 0 Å². The Morgan fingerprint density at radius 3 is 2.36 bits per heavy atom. The lowest BCUT2D eigenvalue weighted by Crippen LogP contribution is -2.07. The number of benzene rings is 1. The summed E-state index contributed by atoms with van der Waals surface area (Å²) >= 11 is 4.58. The summed E-state index contributed by atoms with van der Waals surface area (Å²) in [5, 5.41) is 8.51. The maximum absolute atomic E-state index is 12.4. The first-order chi connectivity index (χ1) is 6.36. The largest absolute Gasteiger partial charge is 0.417 e. The SMILES string of the molecule is N#Cc1cc(I)c(Br)c(C(F)(F)F)c1. The van der Waals surface area contributed by atoms with E-state index in [-0.39, 0.29) is 10.0 Å². The summed E-state index contributed by atoms with van der Waals surface area (Å²) in [6.07, 6.45) is -4.44. The van der Waals surface area contributed by atoms with Gasteiger partial charge in [-0.1, -0.05) is 0 Å². The minimum Gasteiger partial charge on any atom is -0.192 e. The second-order valence-electron chi connectivity index (χ2n) is 2.43. The first-order valence-electron chi connectivity index (χ1n) is 3.32. The van der Waals surface area contributed by atoms with Crippen LogP contribution in [0.1, 0.15) is 11.1 Å². The highest BCUT2D eigenvalue weighted by atomic mass is 127. The van der Waals surface area contributed by atoms with Crippen LogP contribution in [0, 0.1) is 14.9 Å². The lowest BCUT2D eigenvalue weighted by molar-refractivity contribution is -0.138. The predicted molar refractivity (Wildman–Crippen MR) is 56.6 cm³/mol. The van der Waals surface area contributed by atoms with Crippen LogP contribution in [0.25, 0.3) is 0 Å². The Morgan fingerprint density at radius 2 is 1.93 bits per heavy atom. The van der Waals surface area contributed by atoms with E-state index in [1.54, 1.807) is 28.7 Å². The van der Waals surface area contributed by atoms with Gasteiger partial charge in [-0.3, -0.25) is 0 Å². The topological polar surface area (TPSA) is 23.8 Å². The molecular formula is C8H2BrF3IN. The van der Waals surface area contributed by atoms with Crippen LogP contribution in [-0.2, 0) is 6.18 Å². The van der Waals surface area contributed by atoms with Crippen molar-refractivity contribution >= 4 is 38.5 Å². The van der Waals surface area contributed by atoms with Gasteiger partial charge in [0.1, 0.15) is 0 Å². The van der Waals surface area contributed by atoms with Crippen LogP contribution in [0.5, 0.6) is 0 Å². The van der Waals surface area contributed by atoms with Crippen molar-refractivity contribution < 1.29 is 13.2 Å². The van der Waals surface area contributed by atoms with E-state index in [9.17, 15) is 13.2 Å². The molecule has 1 aromatic rings. The molecule has 1 nitrogen and oxygen atoms in total. The number of hydrogen-bond acceptors (Lipinski definition) is 1. The average molecular weight is 376 g/mol. The molecule has 0 spiro atoms. The van der Waals surface area contributed by atoms with E-state index < -0.39 is 11.7 Å². The molecule has 0 saturated heterocycles. The fourth-order valence-electron chi connectivity index (χ4n) is 0.860. The molecule has 0 aromatic heterocycles. The van der Waals surface area contributed by atoms with Crippen LogP contribution < -0.4 is 0 Å². The third kappa shape index (κ3) is 2.39. The molecule has 6 heteroatoms. The van der Waals surface area contributed by atoms with Crippen LogP contribution in [0.2, 0.25) is 0 Å². The van der Waals surface area contributed by atoms with Crippen LogP contribution in [0.4, 0.5) is 13.2 Å². The van der Waals surface area contributed by atoms with Gasteiger partial charge >= 0.3 is 6.18 Å². The average Bonchev–Trinajstić information content (AvgIpc) is 2.07. The molecule has 0 aliphatic carbocycles. The second-order valence-corrected chi connectivity index (χ2v) is 4.38. The summed E-state index contributed by atoms with van der Waals surface area (Å²) in [5.41, 5.74) is -0.814. The fraction of sp³-hybridized carbons (Fsp3) is 0.125. The minimum atomic E-state index is -4.44. The van der Waals surface area contributed by atoms with Crippen molar-refractivity contribution in [3.63, 3.8) is 0 Å². The summed E-state index contributed by atoms with van der Waals surface area (Å²) in [4.78, 5) is 0. The molecule has 14 heavy (non-hydrogen) atoms. The van der Waals surface area contributed by atoms with Crippen molar-refractivity contribution in [2.45, 2.75) is 6.18 Å². The molecule has 0 aliphatic heterocycles. The number of rotatable bonds is 0. The third-order valence-corrected chi connectivity index (χ3v) is 3.91. The fourth-order valence-corrected chi connectivity index (χ4v) is 1.94. The molecule has 0 unspecified atom stereocenters. The van der Waals surface area contributed by atoms with Gasteiger partial charge in [0.25, 0.3) is 0 Å². The number of nitriles is 1. The Morgan fingerprint density at radius 1 is 1.36 bits per heavy atom. The standard InChI is InChI=1S/C8H2BrF3IN/c9-7-5(8(10,11)12)1-4(3-14)2-6(7)13/h1-2H. The molecule has 0 bridgehead atoms. The summed E-state index contributed by atoms with van der Waals surface area (Å²) in [6, 6.07) is 3.90. The molecule has 74 valence electrons. The maximum atomic E-state index is 12.4. The van der Waals surface area contributed by atoms with E-state index in [2.05, 4.69) is 15.9 Å². The zero-order valence-electron chi connectivity index (χ0n) is 6.49. The molecule has 0 aliphatic rings. The van der Waals surface area contributed by atoms with Gasteiger partial charge in [-0.15, -0.1) is 0 Å². The van der Waals surface area contributed by atoms with E-state index in [0.29, 0.717) is 3.57 Å². The van der Waals surface area contributed by atoms with Gasteiger partial charge < -0.3 is 0 Å². The Bertz CT molecular complexity index is 408. The second kappa shape index (κ2) is 4.06. The monoisotopic (exact) mass is 375 g/mol. The van der Waals surface area contributed by atoms with E-state index in [1.165, 1.54) is 6.07 Å². The van der Waals surface area contributed by atoms with Gasteiger partial charge in [-0.05, 0) is 50.7 Å². The van der Waals surface area contributed by atoms with E-state index in [1.807, 2.05) is 0 Å². The molecule has 0 N–H and O–H groups in total. The van der Waals surface area contributed by atoms with Gasteiger partial charge in [0.05, 0.1) is 17.2 Å². The van der Waals surface area contributed by atoms with Crippen molar-refractivity contribution in [2.24, 2.45) is 0 Å². The number of alkyl halides is 3. The summed E-state index contributed by atoms with van der Waals surface area (Å²) in [6.45, 7) is 0. The zero-order chi connectivity index (χ0) is 10.9. The first-order valence-corrected chi connectivity index (χ1v) is 5.19. The lowest BCUT2D eigenvalue weighted by Gasteiger charge is -2.10. The Hall–Kier alpha value is -0.290. The number of hydrogen-bond donors (Lipinski definition) is 0. The summed E-state index contributed by atoms with van der Waals surface area (Å²) in [7, 11) is 0. The summed E-state index contributed by atoms with van der Waals surface area (Å²) in [5.74, 6) is 0. The highest BCUT2D eigenvalue weighted by Crippen LogP contribution is 2.37. The van der Waals surface area contributed by atoms with Crippen molar-refractivity contribution in [1.29, 1.82) is 5.26 Å². The predicted octanol–water partition coefficient (Wildman–Crippen LogP) is 3.94. The Balaban J connectivity index is 3.44. The van der Waals surface area contributed by atoms with Gasteiger partial charge in [0, 0.05) is 8.04 Å². The Labute approximate surface area is 100 Å². The highest BCUT2D eigenvalue weighted by molar-refractivity contribution is 14.1. The van der Waals surface area contributed by atoms with E-state index in [0.717, 1.165) is 6.07 Å². The summed E-state index contributed by atoms with van der Waals surface area (Å²) < 4.78 is 37.6. The van der Waals surface area contributed by atoms with Gasteiger partial charge in [-0.2, -0.15) is 18.4 Å². The molecular weight excluding hydrogens is 374 g/mol. The highest BCUT2D eigenvalue weighted by Gasteiger charge is 2.34. The minimum absolute atomic E-state index is 0.00456. The van der Waals surface area contributed by atoms with Gasteiger partial charge in [0.2, 0.25) is 0 Å². The van der Waals surface area contributed by atoms with Crippen molar-refractivity contribution in [1.82, 2.24) is 0 Å². The van der Waals surface area contributed by atoms with E-state index >= 15 is 0 Å². The molecule has 1 rings (SSSR count). The quantitative estimate of drug-likeness (QED) is 0.630. The normalized spacial score (nSPS) is 11.1. The molecule has 0 atom stereocenters. The lowest BCUT2D eigenvalue weighted by atomic mass is 10.1. The van der Waals surface area contributed by atoms with E-state index in [4.69, 9.17) is 5.26 Å². The molecule has 0 heterocycles. The molecule has 0 fully saturated rings. The number of nitrogens with zero attached hydrogens (tertiary/aromatic N) is 1. The van der Waals surface area contributed by atoms with Crippen LogP contribution in [0.15, 0.2) is 16.6 Å². The maximum Gasteiger partial charge on any atom is 0.417 e. The van der Waals surface area contributed by atoms with Crippen molar-refractivity contribution in [3.05, 3.63) is 31.3 Å². The smallest absolute Gasteiger partial charge is 0.192 e.